The van der Waals surface area contributed by atoms with Gasteiger partial charge in [-0.25, -0.2) is 5.43 Å². The number of hydrazone groups is 1. The molecule has 1 atom stereocenters. The fourth-order valence-corrected chi connectivity index (χ4v) is 3.54. The molecule has 0 radical (unpaired) electrons. The van der Waals surface area contributed by atoms with Crippen LogP contribution in [0.15, 0.2) is 69.3 Å². The number of nitrogens with one attached hydrogen (secondary N) is 2. The summed E-state index contributed by atoms with van der Waals surface area (Å²) < 4.78 is 2.92. The molecule has 0 aliphatic heterocycles. The molecule has 1 heterocycles. The first kappa shape index (κ1) is 21.1. The van der Waals surface area contributed by atoms with E-state index >= 15 is 0 Å². The first-order valence-electron chi connectivity index (χ1n) is 8.94. The average molecular weight is 473 g/mol. The first-order valence-corrected chi connectivity index (χ1v) is 10.7. The van der Waals surface area contributed by atoms with Gasteiger partial charge >= 0.3 is 0 Å². The van der Waals surface area contributed by atoms with Crippen LogP contribution in [0.25, 0.3) is 0 Å². The Morgan fingerprint density at radius 3 is 2.66 bits per heavy atom. The Hall–Kier alpha value is -2.65. The van der Waals surface area contributed by atoms with E-state index in [1.807, 2.05) is 73.1 Å². The quantitative estimate of drug-likeness (QED) is 0.294. The zero-order chi connectivity index (χ0) is 20.6. The lowest BCUT2D eigenvalue weighted by molar-refractivity contribution is -0.118. The van der Waals surface area contributed by atoms with Crippen LogP contribution in [-0.4, -0.2) is 32.6 Å². The van der Waals surface area contributed by atoms with Crippen molar-refractivity contribution in [2.24, 2.45) is 12.1 Å². The fraction of sp³-hybridized carbons (Fsp3) is 0.200. The van der Waals surface area contributed by atoms with E-state index in [1.165, 1.54) is 11.8 Å². The molecule has 2 aromatic carbocycles. The molecule has 0 bridgehead atoms. The lowest BCUT2D eigenvalue weighted by Crippen LogP contribution is -2.20. The Morgan fingerprint density at radius 1 is 1.21 bits per heavy atom. The van der Waals surface area contributed by atoms with Gasteiger partial charge in [0.1, 0.15) is 0 Å². The predicted molar refractivity (Wildman–Crippen MR) is 120 cm³/mol. The summed E-state index contributed by atoms with van der Waals surface area (Å²) in [6.45, 7) is 2.02. The van der Waals surface area contributed by atoms with Crippen LogP contribution in [0.1, 0.15) is 24.4 Å². The molecule has 2 N–H and O–H groups in total. The molecule has 0 unspecified atom stereocenters. The van der Waals surface area contributed by atoms with E-state index < -0.39 is 0 Å². The Bertz CT molecular complexity index is 974. The maximum Gasteiger partial charge on any atom is 0.250 e. The molecule has 29 heavy (non-hydrogen) atoms. The molecule has 0 aliphatic rings. The highest BCUT2D eigenvalue weighted by atomic mass is 79.9. The van der Waals surface area contributed by atoms with Crippen LogP contribution in [-0.2, 0) is 11.8 Å². The van der Waals surface area contributed by atoms with Crippen molar-refractivity contribution in [2.45, 2.75) is 18.1 Å². The van der Waals surface area contributed by atoms with Gasteiger partial charge in [0.15, 0.2) is 11.0 Å². The average Bonchev–Trinajstić information content (AvgIpc) is 3.09. The minimum absolute atomic E-state index is 0.0349. The second-order valence-corrected chi connectivity index (χ2v) is 8.12. The fourth-order valence-electron chi connectivity index (χ4n) is 2.57. The van der Waals surface area contributed by atoms with Gasteiger partial charge in [0.05, 0.1) is 18.0 Å². The summed E-state index contributed by atoms with van der Waals surface area (Å²) in [5.74, 6) is 0.790. The van der Waals surface area contributed by atoms with Crippen LogP contribution < -0.4 is 10.7 Å². The standard InChI is InChI=1S/C20H21BrN6OS/c1-14(23-17-10-8-16(21)9-11-17)19-25-26-20(27(19)2)29-13-18(28)24-22-12-15-6-4-3-5-7-15/h3-12,14,23H,13H2,1-2H3,(H,24,28)/t14-/m0/s1. The number of carbonyl (C=O) groups excluding carboxylic acids is 1. The molecule has 1 amide bonds. The van der Waals surface area contributed by atoms with E-state index in [9.17, 15) is 4.79 Å². The Labute approximate surface area is 182 Å². The number of hydrogen-bond acceptors (Lipinski definition) is 6. The molecule has 1 aromatic heterocycles. The highest BCUT2D eigenvalue weighted by molar-refractivity contribution is 9.10. The number of halogens is 1. The predicted octanol–water partition coefficient (Wildman–Crippen LogP) is 3.99. The van der Waals surface area contributed by atoms with Crippen molar-refractivity contribution in [2.75, 3.05) is 11.1 Å². The molecule has 0 spiro atoms. The van der Waals surface area contributed by atoms with Gasteiger partial charge in [0.25, 0.3) is 5.91 Å². The Morgan fingerprint density at radius 2 is 1.93 bits per heavy atom. The Balaban J connectivity index is 1.51. The number of rotatable bonds is 8. The maximum absolute atomic E-state index is 12.0. The van der Waals surface area contributed by atoms with E-state index in [4.69, 9.17) is 0 Å². The normalized spacial score (nSPS) is 12.1. The van der Waals surface area contributed by atoms with Crippen LogP contribution in [0.2, 0.25) is 0 Å². The van der Waals surface area contributed by atoms with Gasteiger partial charge in [-0.05, 0) is 36.8 Å². The van der Waals surface area contributed by atoms with E-state index in [1.54, 1.807) is 6.21 Å². The molecule has 0 saturated carbocycles. The van der Waals surface area contributed by atoms with Gasteiger partial charge in [0, 0.05) is 17.2 Å². The molecule has 0 aliphatic carbocycles. The maximum atomic E-state index is 12.0. The van der Waals surface area contributed by atoms with Crippen molar-refractivity contribution in [3.63, 3.8) is 0 Å². The lowest BCUT2D eigenvalue weighted by Gasteiger charge is -2.14. The third-order valence-electron chi connectivity index (χ3n) is 4.02. The van der Waals surface area contributed by atoms with Crippen molar-refractivity contribution < 1.29 is 4.79 Å². The van der Waals surface area contributed by atoms with Crippen molar-refractivity contribution in [3.8, 4) is 0 Å². The number of benzene rings is 2. The Kier molecular flexibility index (Phi) is 7.42. The summed E-state index contributed by atoms with van der Waals surface area (Å²) in [4.78, 5) is 12.0. The third-order valence-corrected chi connectivity index (χ3v) is 5.57. The van der Waals surface area contributed by atoms with Crippen molar-refractivity contribution >= 4 is 45.5 Å². The molecule has 0 fully saturated rings. The molecule has 9 heteroatoms. The highest BCUT2D eigenvalue weighted by Gasteiger charge is 2.16. The molecule has 3 aromatic rings. The number of hydrogen-bond donors (Lipinski definition) is 2. The highest BCUT2D eigenvalue weighted by Crippen LogP contribution is 2.23. The number of nitrogens with zero attached hydrogens (tertiary/aromatic N) is 4. The van der Waals surface area contributed by atoms with Crippen LogP contribution >= 0.6 is 27.7 Å². The molecule has 0 saturated heterocycles. The monoisotopic (exact) mass is 472 g/mol. The number of amides is 1. The number of thioether (sulfide) groups is 1. The summed E-state index contributed by atoms with van der Waals surface area (Å²) >= 11 is 4.75. The molecule has 150 valence electrons. The molecular weight excluding hydrogens is 452 g/mol. The summed E-state index contributed by atoms with van der Waals surface area (Å²) in [6, 6.07) is 17.5. The van der Waals surface area contributed by atoms with Crippen molar-refractivity contribution in [1.29, 1.82) is 0 Å². The smallest absolute Gasteiger partial charge is 0.250 e. The van der Waals surface area contributed by atoms with Gasteiger partial charge in [-0.1, -0.05) is 58.0 Å². The van der Waals surface area contributed by atoms with Gasteiger partial charge in [-0.2, -0.15) is 5.10 Å². The second-order valence-electron chi connectivity index (χ2n) is 6.27. The summed E-state index contributed by atoms with van der Waals surface area (Å²) in [7, 11) is 1.89. The van der Waals surface area contributed by atoms with Gasteiger partial charge in [-0.3, -0.25) is 4.79 Å². The molecular formula is C20H21BrN6OS. The zero-order valence-corrected chi connectivity index (χ0v) is 18.4. The third kappa shape index (κ3) is 6.16. The largest absolute Gasteiger partial charge is 0.375 e. The molecule has 7 nitrogen and oxygen atoms in total. The summed E-state index contributed by atoms with van der Waals surface area (Å²) in [5.41, 5.74) is 4.44. The van der Waals surface area contributed by atoms with Gasteiger partial charge in [-0.15, -0.1) is 10.2 Å². The van der Waals surface area contributed by atoms with E-state index in [2.05, 4.69) is 42.0 Å². The van der Waals surface area contributed by atoms with Gasteiger partial charge in [0.2, 0.25) is 0 Å². The van der Waals surface area contributed by atoms with Crippen LogP contribution in [0, 0.1) is 0 Å². The van der Waals surface area contributed by atoms with Crippen molar-refractivity contribution in [1.82, 2.24) is 20.2 Å². The van der Waals surface area contributed by atoms with Crippen LogP contribution in [0.4, 0.5) is 5.69 Å². The second kappa shape index (κ2) is 10.2. The summed E-state index contributed by atoms with van der Waals surface area (Å²) in [6.07, 6.45) is 1.61. The number of carbonyl (C=O) groups is 1. The van der Waals surface area contributed by atoms with Crippen LogP contribution in [0.3, 0.4) is 0 Å². The van der Waals surface area contributed by atoms with Crippen LogP contribution in [0.5, 0.6) is 0 Å². The number of anilines is 1. The van der Waals surface area contributed by atoms with E-state index in [-0.39, 0.29) is 17.7 Å². The van der Waals surface area contributed by atoms with E-state index in [0.29, 0.717) is 5.16 Å². The number of aromatic nitrogens is 3. The minimum Gasteiger partial charge on any atom is -0.375 e. The molecule has 3 rings (SSSR count). The van der Waals surface area contributed by atoms with Crippen molar-refractivity contribution in [3.05, 3.63) is 70.5 Å². The summed E-state index contributed by atoms with van der Waals surface area (Å²) in [5, 5.41) is 16.5. The zero-order valence-electron chi connectivity index (χ0n) is 16.0. The lowest BCUT2D eigenvalue weighted by atomic mass is 10.2. The first-order chi connectivity index (χ1) is 14.0. The topological polar surface area (TPSA) is 84.2 Å². The minimum atomic E-state index is -0.201. The van der Waals surface area contributed by atoms with E-state index in [0.717, 1.165) is 21.5 Å². The SMILES string of the molecule is C[C@H](Nc1ccc(Br)cc1)c1nnc(SCC(=O)NN=Cc2ccccc2)n1C. The van der Waals surface area contributed by atoms with Gasteiger partial charge < -0.3 is 9.88 Å².